The molecule has 1 fully saturated rings. The van der Waals surface area contributed by atoms with Crippen LogP contribution in [-0.2, 0) is 37.0 Å². The molecule has 27 heavy (non-hydrogen) atoms. The molecule has 144 valence electrons. The third-order valence-corrected chi connectivity index (χ3v) is 4.27. The van der Waals surface area contributed by atoms with Crippen LogP contribution in [0.3, 0.4) is 0 Å². The molecule has 4 atom stereocenters. The Morgan fingerprint density at radius 1 is 0.963 bits per heavy atom. The molecule has 0 amide bonds. The SMILES string of the molecule is CC(=O)O[C@@H]1C(O)O[C@@H](COCc2ccccc2)[C@H]1OCc1ccccc1. The fourth-order valence-corrected chi connectivity index (χ4v) is 2.99. The van der Waals surface area contributed by atoms with Crippen molar-refractivity contribution in [2.24, 2.45) is 0 Å². The van der Waals surface area contributed by atoms with Gasteiger partial charge in [0.25, 0.3) is 0 Å². The van der Waals surface area contributed by atoms with Gasteiger partial charge in [-0.15, -0.1) is 0 Å². The number of hydrogen-bond donors (Lipinski definition) is 1. The summed E-state index contributed by atoms with van der Waals surface area (Å²) in [5.41, 5.74) is 2.01. The van der Waals surface area contributed by atoms with Gasteiger partial charge in [-0.2, -0.15) is 0 Å². The average molecular weight is 372 g/mol. The zero-order valence-electron chi connectivity index (χ0n) is 15.2. The zero-order valence-corrected chi connectivity index (χ0v) is 15.2. The summed E-state index contributed by atoms with van der Waals surface area (Å²) in [5, 5.41) is 10.2. The summed E-state index contributed by atoms with van der Waals surface area (Å²) in [7, 11) is 0. The average Bonchev–Trinajstić information content (AvgIpc) is 2.96. The highest BCUT2D eigenvalue weighted by molar-refractivity contribution is 5.66. The number of esters is 1. The summed E-state index contributed by atoms with van der Waals surface area (Å²) in [6.07, 6.45) is -3.31. The van der Waals surface area contributed by atoms with Gasteiger partial charge in [-0.25, -0.2) is 0 Å². The molecule has 6 heteroatoms. The Labute approximate surface area is 158 Å². The van der Waals surface area contributed by atoms with E-state index in [1.807, 2.05) is 60.7 Å². The van der Waals surface area contributed by atoms with Gasteiger partial charge in [0.2, 0.25) is 0 Å². The Morgan fingerprint density at radius 3 is 2.15 bits per heavy atom. The Hall–Kier alpha value is -2.25. The quantitative estimate of drug-likeness (QED) is 0.718. The zero-order chi connectivity index (χ0) is 19.1. The molecule has 1 aliphatic heterocycles. The number of carbonyl (C=O) groups is 1. The predicted molar refractivity (Wildman–Crippen MR) is 97.6 cm³/mol. The van der Waals surface area contributed by atoms with E-state index in [4.69, 9.17) is 18.9 Å². The maximum absolute atomic E-state index is 11.4. The first kappa shape index (κ1) is 19.5. The highest BCUT2D eigenvalue weighted by Gasteiger charge is 2.47. The molecular formula is C21H24O6. The van der Waals surface area contributed by atoms with Crippen LogP contribution in [0.5, 0.6) is 0 Å². The normalized spacial score (nSPS) is 24.7. The molecule has 1 N–H and O–H groups in total. The van der Waals surface area contributed by atoms with Gasteiger partial charge in [0.05, 0.1) is 19.8 Å². The molecule has 2 aromatic rings. The summed E-state index contributed by atoms with van der Waals surface area (Å²) in [6, 6.07) is 19.4. The van der Waals surface area contributed by atoms with Crippen molar-refractivity contribution >= 4 is 5.97 Å². The summed E-state index contributed by atoms with van der Waals surface area (Å²) in [4.78, 5) is 11.4. The van der Waals surface area contributed by atoms with E-state index in [-0.39, 0.29) is 6.61 Å². The van der Waals surface area contributed by atoms with Gasteiger partial charge in [0.1, 0.15) is 12.2 Å². The van der Waals surface area contributed by atoms with E-state index >= 15 is 0 Å². The molecule has 0 bridgehead atoms. The topological polar surface area (TPSA) is 74.2 Å². The lowest BCUT2D eigenvalue weighted by Crippen LogP contribution is -2.40. The smallest absolute Gasteiger partial charge is 0.303 e. The standard InChI is InChI=1S/C21H24O6/c1-15(22)26-20-19(25-13-17-10-6-3-7-11-17)18(27-21(20)23)14-24-12-16-8-4-2-5-9-16/h2-11,18-21,23H,12-14H2,1H3/t18-,19+,20-,21?/m0/s1. The number of benzene rings is 2. The van der Waals surface area contributed by atoms with E-state index in [0.29, 0.717) is 13.2 Å². The van der Waals surface area contributed by atoms with E-state index in [9.17, 15) is 9.90 Å². The molecule has 3 rings (SSSR count). The van der Waals surface area contributed by atoms with Crippen LogP contribution in [-0.4, -0.2) is 42.3 Å². The molecule has 0 aliphatic carbocycles. The van der Waals surface area contributed by atoms with Crippen molar-refractivity contribution in [2.75, 3.05) is 6.61 Å². The van der Waals surface area contributed by atoms with Gasteiger partial charge in [0, 0.05) is 6.92 Å². The first-order valence-electron chi connectivity index (χ1n) is 8.91. The van der Waals surface area contributed by atoms with Gasteiger partial charge in [-0.3, -0.25) is 4.79 Å². The lowest BCUT2D eigenvalue weighted by Gasteiger charge is -2.23. The van der Waals surface area contributed by atoms with Crippen molar-refractivity contribution in [2.45, 2.75) is 44.7 Å². The molecule has 0 spiro atoms. The van der Waals surface area contributed by atoms with E-state index in [1.165, 1.54) is 6.92 Å². The van der Waals surface area contributed by atoms with Crippen LogP contribution < -0.4 is 0 Å². The van der Waals surface area contributed by atoms with E-state index in [0.717, 1.165) is 11.1 Å². The van der Waals surface area contributed by atoms with E-state index < -0.39 is 30.6 Å². The Morgan fingerprint density at radius 2 is 1.56 bits per heavy atom. The first-order chi connectivity index (χ1) is 13.1. The molecule has 0 saturated carbocycles. The summed E-state index contributed by atoms with van der Waals surface area (Å²) in [6.45, 7) is 2.23. The molecule has 1 saturated heterocycles. The number of carbonyl (C=O) groups excluding carboxylic acids is 1. The van der Waals surface area contributed by atoms with E-state index in [1.54, 1.807) is 0 Å². The maximum atomic E-state index is 11.4. The largest absolute Gasteiger partial charge is 0.454 e. The predicted octanol–water partition coefficient (Wildman–Crippen LogP) is 2.44. The fraction of sp³-hybridized carbons (Fsp3) is 0.381. The minimum Gasteiger partial charge on any atom is -0.454 e. The lowest BCUT2D eigenvalue weighted by atomic mass is 10.1. The minimum absolute atomic E-state index is 0.211. The van der Waals surface area contributed by atoms with Gasteiger partial charge in [-0.1, -0.05) is 60.7 Å². The van der Waals surface area contributed by atoms with Gasteiger partial charge in [-0.05, 0) is 11.1 Å². The molecule has 1 aliphatic rings. The Bertz CT molecular complexity index is 705. The molecule has 0 radical (unpaired) electrons. The van der Waals surface area contributed by atoms with Crippen molar-refractivity contribution < 1.29 is 28.8 Å². The highest BCUT2D eigenvalue weighted by Crippen LogP contribution is 2.27. The molecule has 2 aromatic carbocycles. The van der Waals surface area contributed by atoms with Gasteiger partial charge >= 0.3 is 5.97 Å². The van der Waals surface area contributed by atoms with E-state index in [2.05, 4.69) is 0 Å². The lowest BCUT2D eigenvalue weighted by molar-refractivity contribution is -0.172. The molecule has 0 aromatic heterocycles. The second kappa shape index (κ2) is 9.62. The maximum Gasteiger partial charge on any atom is 0.303 e. The summed E-state index contributed by atoms with van der Waals surface area (Å²) < 4.78 is 22.4. The Kier molecular flexibility index (Phi) is 6.95. The van der Waals surface area contributed by atoms with Crippen molar-refractivity contribution in [1.82, 2.24) is 0 Å². The number of rotatable bonds is 8. The van der Waals surface area contributed by atoms with Crippen molar-refractivity contribution in [3.05, 3.63) is 71.8 Å². The Balaban J connectivity index is 1.61. The van der Waals surface area contributed by atoms with Crippen LogP contribution in [0.25, 0.3) is 0 Å². The molecule has 6 nitrogen and oxygen atoms in total. The fourth-order valence-electron chi connectivity index (χ4n) is 2.99. The first-order valence-corrected chi connectivity index (χ1v) is 8.91. The van der Waals surface area contributed by atoms with Crippen LogP contribution in [0, 0.1) is 0 Å². The third kappa shape index (κ3) is 5.61. The summed E-state index contributed by atoms with van der Waals surface area (Å²) in [5.74, 6) is -0.498. The molecule has 1 unspecified atom stereocenters. The monoisotopic (exact) mass is 372 g/mol. The molecule has 1 heterocycles. The van der Waals surface area contributed by atoms with Crippen molar-refractivity contribution in [3.8, 4) is 0 Å². The number of aliphatic hydroxyl groups is 1. The van der Waals surface area contributed by atoms with Crippen molar-refractivity contribution in [3.63, 3.8) is 0 Å². The molecular weight excluding hydrogens is 348 g/mol. The van der Waals surface area contributed by atoms with Crippen LogP contribution in [0.2, 0.25) is 0 Å². The highest BCUT2D eigenvalue weighted by atomic mass is 16.7. The third-order valence-electron chi connectivity index (χ3n) is 4.27. The van der Waals surface area contributed by atoms with Gasteiger partial charge in [0.15, 0.2) is 12.4 Å². The van der Waals surface area contributed by atoms with Crippen LogP contribution in [0.4, 0.5) is 0 Å². The number of aliphatic hydroxyl groups excluding tert-OH is 1. The number of ether oxygens (including phenoxy) is 4. The van der Waals surface area contributed by atoms with Crippen molar-refractivity contribution in [1.29, 1.82) is 0 Å². The van der Waals surface area contributed by atoms with Crippen LogP contribution in [0.1, 0.15) is 18.1 Å². The minimum atomic E-state index is -1.25. The second-order valence-corrected chi connectivity index (χ2v) is 6.40. The van der Waals surface area contributed by atoms with Crippen LogP contribution in [0.15, 0.2) is 60.7 Å². The van der Waals surface area contributed by atoms with Crippen LogP contribution >= 0.6 is 0 Å². The second-order valence-electron chi connectivity index (χ2n) is 6.40. The van der Waals surface area contributed by atoms with Gasteiger partial charge < -0.3 is 24.1 Å². The summed E-state index contributed by atoms with van der Waals surface area (Å²) >= 11 is 0. The number of hydrogen-bond acceptors (Lipinski definition) is 6.